The summed E-state index contributed by atoms with van der Waals surface area (Å²) in [5, 5.41) is 120. The molecule has 17 unspecified atom stereocenters. The van der Waals surface area contributed by atoms with Gasteiger partial charge in [-0.15, -0.1) is 0 Å². The maximum absolute atomic E-state index is 13.3. The largest absolute Gasteiger partial charge is 0.394 e. The van der Waals surface area contributed by atoms with E-state index in [-0.39, 0.29) is 18.9 Å². The Morgan fingerprint density at radius 2 is 0.784 bits per heavy atom. The fraction of sp³-hybridized carbons (Fsp3) is 0.667. The fourth-order valence-electron chi connectivity index (χ4n) is 9.92. The van der Waals surface area contributed by atoms with Gasteiger partial charge in [0.1, 0.15) is 73.2 Å². The molecule has 0 saturated carbocycles. The molecule has 3 aliphatic heterocycles. The number of aliphatic hydroxyl groups excluding tert-OH is 11. The number of rotatable bonds is 46. The molecule has 0 aromatic rings. The van der Waals surface area contributed by atoms with Crippen LogP contribution in [0.3, 0.4) is 0 Å². The van der Waals surface area contributed by atoms with Crippen molar-refractivity contribution in [2.24, 2.45) is 0 Å². The Hall–Kier alpha value is -4.07. The average Bonchev–Trinajstić information content (AvgIpc) is 0.949. The summed E-state index contributed by atoms with van der Waals surface area (Å²) < 4.78 is 34.1. The molecule has 3 rings (SSSR count). The van der Waals surface area contributed by atoms with Crippen LogP contribution in [0.4, 0.5) is 0 Å². The normalized spacial score (nSPS) is 29.3. The van der Waals surface area contributed by atoms with Crippen LogP contribution in [0.15, 0.2) is 134 Å². The number of unbranched alkanes of at least 4 members (excludes halogenated alkanes) is 10. The number of allylic oxidation sites excluding steroid dienone is 21. The summed E-state index contributed by atoms with van der Waals surface area (Å²) in [6, 6.07) is -0.987. The first kappa shape index (κ1) is 78.2. The molecule has 0 aromatic carbocycles. The van der Waals surface area contributed by atoms with Gasteiger partial charge in [-0.3, -0.25) is 4.79 Å². The number of aliphatic hydroxyl groups is 11. The molecule has 88 heavy (non-hydrogen) atoms. The van der Waals surface area contributed by atoms with Gasteiger partial charge in [-0.1, -0.05) is 192 Å². The predicted molar refractivity (Wildman–Crippen MR) is 341 cm³/mol. The van der Waals surface area contributed by atoms with E-state index in [1.54, 1.807) is 6.08 Å². The fourth-order valence-corrected chi connectivity index (χ4v) is 9.92. The maximum atomic E-state index is 13.3. The third-order valence-electron chi connectivity index (χ3n) is 15.2. The summed E-state index contributed by atoms with van der Waals surface area (Å²) in [5.74, 6) is -0.304. The van der Waals surface area contributed by atoms with Gasteiger partial charge in [0.25, 0.3) is 0 Å². The second-order valence-electron chi connectivity index (χ2n) is 22.5. The SMILES string of the molecule is CC/C=C\C/C=C\C/C=C\C/C=C\C/C=C\C/C=C\C/C=C\C/C=C\C/C=C\C/C=C\CCCCCCCCC(=O)NC(COC1OC(CO)C(OC2OC(CO)C(OC3OC(CO)C(O)C(O)C3O)C(O)C2O)C(O)C1O)C(O)/C=C/CCCCCC. The molecule has 0 spiro atoms. The van der Waals surface area contributed by atoms with Crippen LogP contribution < -0.4 is 5.32 Å². The highest BCUT2D eigenvalue weighted by Crippen LogP contribution is 2.33. The smallest absolute Gasteiger partial charge is 0.220 e. The summed E-state index contributed by atoms with van der Waals surface area (Å²) in [5.41, 5.74) is 0. The molecule has 0 aromatic heterocycles. The van der Waals surface area contributed by atoms with E-state index in [0.29, 0.717) is 6.42 Å². The van der Waals surface area contributed by atoms with Crippen molar-refractivity contribution in [2.75, 3.05) is 26.4 Å². The Morgan fingerprint density at radius 1 is 0.420 bits per heavy atom. The minimum Gasteiger partial charge on any atom is -0.394 e. The standard InChI is InChI=1S/C69H111NO18/c1-3-5-7-9-11-12-13-14-15-16-17-18-19-20-21-22-23-24-25-26-27-28-29-30-31-32-33-34-35-36-37-38-39-40-41-43-45-47-57(75)70-52(53(74)46-44-42-10-8-6-4-2)51-83-67-63(81)60(78)65(55(49-72)85-67)88-69-64(82)61(79)66(56(50-73)86-69)87-68-62(80)59(77)58(76)54(48-71)84-68/h5,7,11-12,14-15,17-18,20-21,23-24,26-27,29-30,32-33,35-36,44,46,52-56,58-69,71-74,76-82H,3-4,6,8-10,13,16,19,22,25,28,31,34,37-43,45,47-51H2,1-2H3,(H,70,75)/b7-5-,12-11-,15-14-,18-17-,21-20-,24-23-,27-26-,30-29-,33-32-,36-35-,46-44+. The average molecular weight is 1240 g/mol. The number of amides is 1. The number of nitrogens with one attached hydrogen (secondary N) is 1. The molecule has 3 saturated heterocycles. The molecule has 19 nitrogen and oxygen atoms in total. The van der Waals surface area contributed by atoms with Crippen molar-refractivity contribution in [1.82, 2.24) is 5.32 Å². The molecule has 17 atom stereocenters. The monoisotopic (exact) mass is 1240 g/mol. The van der Waals surface area contributed by atoms with Gasteiger partial charge in [-0.05, 0) is 96.3 Å². The first-order valence-corrected chi connectivity index (χ1v) is 32.4. The molecule has 0 bridgehead atoms. The van der Waals surface area contributed by atoms with E-state index in [1.165, 1.54) is 0 Å². The van der Waals surface area contributed by atoms with Crippen LogP contribution in [-0.4, -0.2) is 193 Å². The van der Waals surface area contributed by atoms with Crippen LogP contribution in [0, 0.1) is 0 Å². The number of hydrogen-bond donors (Lipinski definition) is 12. The lowest BCUT2D eigenvalue weighted by molar-refractivity contribution is -0.379. The third-order valence-corrected chi connectivity index (χ3v) is 15.2. The summed E-state index contributed by atoms with van der Waals surface area (Å²) in [7, 11) is 0. The van der Waals surface area contributed by atoms with Crippen LogP contribution in [0.25, 0.3) is 0 Å². The topological polar surface area (TPSA) is 307 Å². The van der Waals surface area contributed by atoms with Crippen molar-refractivity contribution >= 4 is 5.91 Å². The summed E-state index contributed by atoms with van der Waals surface area (Å²) in [6.07, 6.45) is 42.2. The quantitative estimate of drug-likeness (QED) is 0.0208. The van der Waals surface area contributed by atoms with Gasteiger partial charge >= 0.3 is 0 Å². The van der Waals surface area contributed by atoms with Crippen LogP contribution in [0.2, 0.25) is 0 Å². The molecule has 1 amide bonds. The lowest BCUT2D eigenvalue weighted by Crippen LogP contribution is -2.66. The Bertz CT molecular complexity index is 2120. The van der Waals surface area contributed by atoms with Gasteiger partial charge in [-0.2, -0.15) is 0 Å². The second-order valence-corrected chi connectivity index (χ2v) is 22.5. The zero-order valence-electron chi connectivity index (χ0n) is 52.4. The Labute approximate surface area is 524 Å². The molecule has 19 heteroatoms. The minimum absolute atomic E-state index is 0.215. The van der Waals surface area contributed by atoms with Crippen molar-refractivity contribution in [3.05, 3.63) is 134 Å². The predicted octanol–water partition coefficient (Wildman–Crippen LogP) is 7.43. The first-order valence-electron chi connectivity index (χ1n) is 32.4. The van der Waals surface area contributed by atoms with E-state index >= 15 is 0 Å². The number of carbonyl (C=O) groups excluding carboxylic acids is 1. The highest BCUT2D eigenvalue weighted by molar-refractivity contribution is 5.76. The van der Waals surface area contributed by atoms with Crippen LogP contribution in [-0.2, 0) is 33.2 Å². The molecule has 3 fully saturated rings. The van der Waals surface area contributed by atoms with Crippen molar-refractivity contribution in [3.8, 4) is 0 Å². The Kier molecular flexibility index (Phi) is 44.1. The zero-order valence-corrected chi connectivity index (χ0v) is 52.4. The summed E-state index contributed by atoms with van der Waals surface area (Å²) in [4.78, 5) is 13.3. The number of carbonyl (C=O) groups is 1. The van der Waals surface area contributed by atoms with E-state index in [4.69, 9.17) is 28.4 Å². The van der Waals surface area contributed by atoms with Gasteiger partial charge in [-0.25, -0.2) is 0 Å². The number of hydrogen-bond acceptors (Lipinski definition) is 18. The van der Waals surface area contributed by atoms with E-state index in [2.05, 4.69) is 141 Å². The highest BCUT2D eigenvalue weighted by atomic mass is 16.8. The minimum atomic E-state index is -1.98. The van der Waals surface area contributed by atoms with Crippen molar-refractivity contribution in [3.63, 3.8) is 0 Å². The molecule has 3 aliphatic rings. The zero-order chi connectivity index (χ0) is 64.0. The van der Waals surface area contributed by atoms with Crippen molar-refractivity contribution in [1.29, 1.82) is 0 Å². The molecular formula is C69H111NO18. The Balaban J connectivity index is 1.32. The summed E-state index contributed by atoms with van der Waals surface area (Å²) in [6.45, 7) is 1.46. The Morgan fingerprint density at radius 3 is 1.23 bits per heavy atom. The van der Waals surface area contributed by atoms with Crippen LogP contribution in [0.1, 0.15) is 162 Å². The molecule has 0 aliphatic carbocycles. The second kappa shape index (κ2) is 49.6. The molecular weight excluding hydrogens is 1130 g/mol. The van der Waals surface area contributed by atoms with E-state index in [9.17, 15) is 61.0 Å². The van der Waals surface area contributed by atoms with Crippen molar-refractivity contribution in [2.45, 2.75) is 266 Å². The van der Waals surface area contributed by atoms with Gasteiger partial charge in [0.15, 0.2) is 18.9 Å². The van der Waals surface area contributed by atoms with Gasteiger partial charge in [0, 0.05) is 6.42 Å². The first-order chi connectivity index (χ1) is 42.8. The molecule has 12 N–H and O–H groups in total. The summed E-state index contributed by atoms with van der Waals surface area (Å²) >= 11 is 0. The van der Waals surface area contributed by atoms with E-state index in [1.807, 2.05) is 6.08 Å². The van der Waals surface area contributed by atoms with E-state index in [0.717, 1.165) is 135 Å². The molecule has 3 heterocycles. The highest BCUT2D eigenvalue weighted by Gasteiger charge is 2.53. The lowest BCUT2D eigenvalue weighted by atomic mass is 9.96. The van der Waals surface area contributed by atoms with Crippen LogP contribution >= 0.6 is 0 Å². The van der Waals surface area contributed by atoms with Gasteiger partial charge in [0.2, 0.25) is 5.91 Å². The van der Waals surface area contributed by atoms with Crippen molar-refractivity contribution < 1.29 is 89.4 Å². The van der Waals surface area contributed by atoms with Crippen LogP contribution in [0.5, 0.6) is 0 Å². The lowest BCUT2D eigenvalue weighted by Gasteiger charge is -2.48. The molecule has 0 radical (unpaired) electrons. The molecule has 500 valence electrons. The van der Waals surface area contributed by atoms with Gasteiger partial charge < -0.3 is 89.9 Å². The third kappa shape index (κ3) is 31.8. The number of ether oxygens (including phenoxy) is 6. The van der Waals surface area contributed by atoms with Gasteiger partial charge in [0.05, 0.1) is 38.6 Å². The van der Waals surface area contributed by atoms with E-state index < -0.39 is 124 Å². The maximum Gasteiger partial charge on any atom is 0.220 e.